The molecule has 0 aromatic heterocycles. The Kier molecular flexibility index (Phi) is 5.07. The lowest BCUT2D eigenvalue weighted by Crippen LogP contribution is -2.55. The van der Waals surface area contributed by atoms with Gasteiger partial charge < -0.3 is 9.64 Å². The monoisotopic (exact) mass is 344 g/mol. The van der Waals surface area contributed by atoms with Gasteiger partial charge in [0.05, 0.1) is 13.2 Å². The fraction of sp³-hybridized carbons (Fsp3) is 0.316. The summed E-state index contributed by atoms with van der Waals surface area (Å²) in [5.74, 6) is 0.950. The predicted molar refractivity (Wildman–Crippen MR) is 96.7 cm³/mol. The third-order valence-electron chi connectivity index (χ3n) is 4.45. The number of hydrogen-bond acceptors (Lipinski definition) is 3. The van der Waals surface area contributed by atoms with Gasteiger partial charge in [0.25, 0.3) is 0 Å². The number of carbonyl (C=O) groups excluding carboxylic acids is 1. The van der Waals surface area contributed by atoms with Crippen LogP contribution in [0.1, 0.15) is 12.5 Å². The Bertz CT molecular complexity index is 718. The zero-order chi connectivity index (χ0) is 17.1. The summed E-state index contributed by atoms with van der Waals surface area (Å²) < 4.78 is 5.18. The molecule has 1 amide bonds. The molecule has 1 unspecified atom stereocenters. The molecule has 1 aliphatic rings. The summed E-state index contributed by atoms with van der Waals surface area (Å²) in [7, 11) is 1.66. The number of benzene rings is 2. The maximum Gasteiger partial charge on any atom is 0.244 e. The third kappa shape index (κ3) is 3.55. The number of nitrogens with zero attached hydrogens (tertiary/aromatic N) is 2. The van der Waals surface area contributed by atoms with E-state index in [-0.39, 0.29) is 11.9 Å². The molecule has 1 fully saturated rings. The Morgan fingerprint density at radius 2 is 1.92 bits per heavy atom. The Morgan fingerprint density at radius 1 is 1.17 bits per heavy atom. The summed E-state index contributed by atoms with van der Waals surface area (Å²) in [6, 6.07) is 15.3. The van der Waals surface area contributed by atoms with E-state index in [4.69, 9.17) is 16.3 Å². The molecule has 0 spiro atoms. The minimum absolute atomic E-state index is 0.108. The summed E-state index contributed by atoms with van der Waals surface area (Å²) in [5.41, 5.74) is 2.04. The molecule has 4 nitrogen and oxygen atoms in total. The predicted octanol–water partition coefficient (Wildman–Crippen LogP) is 3.59. The maximum absolute atomic E-state index is 12.8. The second-order valence-corrected chi connectivity index (χ2v) is 6.40. The standard InChI is InChI=1S/C19H21ClN2O2/c1-14-19(23)22(17-5-3-4-16(20)12-17)11-10-21(14)13-15-6-8-18(24-2)9-7-15/h3-9,12,14H,10-11,13H2,1-2H3. The first kappa shape index (κ1) is 16.8. The average molecular weight is 345 g/mol. The second-order valence-electron chi connectivity index (χ2n) is 5.96. The van der Waals surface area contributed by atoms with Gasteiger partial charge >= 0.3 is 0 Å². The zero-order valence-electron chi connectivity index (χ0n) is 13.9. The smallest absolute Gasteiger partial charge is 0.244 e. The van der Waals surface area contributed by atoms with E-state index in [1.54, 1.807) is 7.11 Å². The molecule has 1 saturated heterocycles. The molecule has 5 heteroatoms. The molecule has 0 bridgehead atoms. The number of amides is 1. The number of carbonyl (C=O) groups is 1. The van der Waals surface area contributed by atoms with Gasteiger partial charge in [-0.25, -0.2) is 0 Å². The minimum atomic E-state index is -0.167. The molecule has 2 aromatic rings. The highest BCUT2D eigenvalue weighted by Gasteiger charge is 2.32. The minimum Gasteiger partial charge on any atom is -0.497 e. The Balaban J connectivity index is 1.70. The van der Waals surface area contributed by atoms with Crippen LogP contribution in [-0.4, -0.2) is 37.0 Å². The van der Waals surface area contributed by atoms with Gasteiger partial charge in [0.15, 0.2) is 0 Å². The van der Waals surface area contributed by atoms with Gasteiger partial charge in [-0.15, -0.1) is 0 Å². The molecule has 24 heavy (non-hydrogen) atoms. The highest BCUT2D eigenvalue weighted by atomic mass is 35.5. The molecule has 1 heterocycles. The normalized spacial score (nSPS) is 18.7. The van der Waals surface area contributed by atoms with Crippen molar-refractivity contribution in [2.45, 2.75) is 19.5 Å². The molecule has 126 valence electrons. The summed E-state index contributed by atoms with van der Waals surface area (Å²) in [4.78, 5) is 16.8. The Morgan fingerprint density at radius 3 is 2.58 bits per heavy atom. The highest BCUT2D eigenvalue weighted by Crippen LogP contribution is 2.24. The molecular weight excluding hydrogens is 324 g/mol. The van der Waals surface area contributed by atoms with Crippen LogP contribution in [0.2, 0.25) is 5.02 Å². The Labute approximate surface area is 147 Å². The van der Waals surface area contributed by atoms with Gasteiger partial charge in [-0.05, 0) is 42.8 Å². The molecule has 0 saturated carbocycles. The van der Waals surface area contributed by atoms with Crippen molar-refractivity contribution in [1.82, 2.24) is 4.90 Å². The van der Waals surface area contributed by atoms with Gasteiger partial charge in [0.2, 0.25) is 5.91 Å². The second kappa shape index (κ2) is 7.24. The summed E-state index contributed by atoms with van der Waals surface area (Å²) in [5, 5.41) is 0.647. The van der Waals surface area contributed by atoms with Gasteiger partial charge in [0, 0.05) is 30.3 Å². The lowest BCUT2D eigenvalue weighted by molar-refractivity contribution is -0.125. The molecule has 0 N–H and O–H groups in total. The van der Waals surface area contributed by atoms with Crippen LogP contribution in [0, 0.1) is 0 Å². The van der Waals surface area contributed by atoms with Gasteiger partial charge in [-0.3, -0.25) is 9.69 Å². The fourth-order valence-corrected chi connectivity index (χ4v) is 3.18. The maximum atomic E-state index is 12.8. The highest BCUT2D eigenvalue weighted by molar-refractivity contribution is 6.30. The number of methoxy groups -OCH3 is 1. The first-order valence-corrected chi connectivity index (χ1v) is 8.40. The average Bonchev–Trinajstić information content (AvgIpc) is 2.60. The van der Waals surface area contributed by atoms with Crippen molar-refractivity contribution >= 4 is 23.2 Å². The number of rotatable bonds is 4. The molecule has 1 aliphatic heterocycles. The first-order chi connectivity index (χ1) is 11.6. The SMILES string of the molecule is COc1ccc(CN2CCN(c3cccc(Cl)c3)C(=O)C2C)cc1. The number of hydrogen-bond donors (Lipinski definition) is 0. The van der Waals surface area contributed by atoms with Crippen LogP contribution in [-0.2, 0) is 11.3 Å². The summed E-state index contributed by atoms with van der Waals surface area (Å²) >= 11 is 6.05. The number of piperazine rings is 1. The zero-order valence-corrected chi connectivity index (χ0v) is 14.7. The van der Waals surface area contributed by atoms with E-state index in [1.165, 1.54) is 5.56 Å². The lowest BCUT2D eigenvalue weighted by Gasteiger charge is -2.39. The van der Waals surface area contributed by atoms with E-state index >= 15 is 0 Å². The van der Waals surface area contributed by atoms with Crippen molar-refractivity contribution in [1.29, 1.82) is 0 Å². The van der Waals surface area contributed by atoms with Crippen molar-refractivity contribution in [3.63, 3.8) is 0 Å². The van der Waals surface area contributed by atoms with E-state index in [0.717, 1.165) is 24.5 Å². The molecular formula is C19H21ClN2O2. The van der Waals surface area contributed by atoms with E-state index in [1.807, 2.05) is 60.4 Å². The number of halogens is 1. The van der Waals surface area contributed by atoms with Crippen LogP contribution < -0.4 is 9.64 Å². The summed E-state index contributed by atoms with van der Waals surface area (Å²) in [6.07, 6.45) is 0. The summed E-state index contributed by atoms with van der Waals surface area (Å²) in [6.45, 7) is 4.20. The van der Waals surface area contributed by atoms with Crippen LogP contribution in [0.3, 0.4) is 0 Å². The lowest BCUT2D eigenvalue weighted by atomic mass is 10.1. The van der Waals surface area contributed by atoms with Crippen LogP contribution in [0.15, 0.2) is 48.5 Å². The topological polar surface area (TPSA) is 32.8 Å². The van der Waals surface area contributed by atoms with Gasteiger partial charge in [-0.1, -0.05) is 29.8 Å². The van der Waals surface area contributed by atoms with Crippen molar-refractivity contribution in [2.75, 3.05) is 25.1 Å². The fourth-order valence-electron chi connectivity index (χ4n) is 3.00. The largest absolute Gasteiger partial charge is 0.497 e. The van der Waals surface area contributed by atoms with Gasteiger partial charge in [0.1, 0.15) is 5.75 Å². The first-order valence-electron chi connectivity index (χ1n) is 8.02. The van der Waals surface area contributed by atoms with E-state index in [9.17, 15) is 4.79 Å². The van der Waals surface area contributed by atoms with Crippen LogP contribution in [0.4, 0.5) is 5.69 Å². The van der Waals surface area contributed by atoms with Crippen molar-refractivity contribution in [3.8, 4) is 5.75 Å². The third-order valence-corrected chi connectivity index (χ3v) is 4.68. The molecule has 3 rings (SSSR count). The van der Waals surface area contributed by atoms with Crippen LogP contribution in [0.5, 0.6) is 5.75 Å². The van der Waals surface area contributed by atoms with Crippen LogP contribution in [0.25, 0.3) is 0 Å². The molecule has 0 radical (unpaired) electrons. The van der Waals surface area contributed by atoms with Crippen molar-refractivity contribution in [3.05, 3.63) is 59.1 Å². The van der Waals surface area contributed by atoms with E-state index in [0.29, 0.717) is 11.6 Å². The van der Waals surface area contributed by atoms with E-state index < -0.39 is 0 Å². The number of anilines is 1. The van der Waals surface area contributed by atoms with Crippen molar-refractivity contribution in [2.24, 2.45) is 0 Å². The molecule has 2 aromatic carbocycles. The van der Waals surface area contributed by atoms with Crippen molar-refractivity contribution < 1.29 is 9.53 Å². The number of ether oxygens (including phenoxy) is 1. The van der Waals surface area contributed by atoms with E-state index in [2.05, 4.69) is 4.90 Å². The van der Waals surface area contributed by atoms with Crippen LogP contribution >= 0.6 is 11.6 Å². The quantitative estimate of drug-likeness (QED) is 0.849. The van der Waals surface area contributed by atoms with Gasteiger partial charge in [-0.2, -0.15) is 0 Å². The molecule has 0 aliphatic carbocycles. The molecule has 1 atom stereocenters. The Hall–Kier alpha value is -2.04.